The van der Waals surface area contributed by atoms with Crippen LogP contribution in [0.3, 0.4) is 0 Å². The summed E-state index contributed by atoms with van der Waals surface area (Å²) in [5.74, 6) is -0.851. The molecule has 1 aliphatic carbocycles. The van der Waals surface area contributed by atoms with Gasteiger partial charge in [0.25, 0.3) is 0 Å². The fourth-order valence-electron chi connectivity index (χ4n) is 3.39. The number of hydrogen-bond donors (Lipinski definition) is 2. The van der Waals surface area contributed by atoms with Crippen LogP contribution >= 0.6 is 0 Å². The van der Waals surface area contributed by atoms with E-state index in [0.29, 0.717) is 24.2 Å². The molecule has 0 saturated heterocycles. The normalized spacial score (nSPS) is 16.1. The Hall–Kier alpha value is -2.95. The number of halogens is 4. The first kappa shape index (κ1) is 20.8. The molecule has 1 heterocycles. The molecule has 3 rings (SSSR count). The van der Waals surface area contributed by atoms with Crippen LogP contribution < -0.4 is 15.5 Å². The van der Waals surface area contributed by atoms with Crippen molar-refractivity contribution in [2.75, 3.05) is 22.1 Å². The molecule has 0 atom stereocenters. The van der Waals surface area contributed by atoms with E-state index in [0.717, 1.165) is 12.8 Å². The maximum Gasteiger partial charge on any atom is 0.430 e. The van der Waals surface area contributed by atoms with E-state index >= 15 is 4.39 Å². The van der Waals surface area contributed by atoms with Gasteiger partial charge >= 0.3 is 6.18 Å². The Morgan fingerprint density at radius 2 is 2.00 bits per heavy atom. The van der Waals surface area contributed by atoms with Crippen LogP contribution in [0.4, 0.5) is 34.6 Å². The number of rotatable bonds is 6. The van der Waals surface area contributed by atoms with Crippen LogP contribution in [0.15, 0.2) is 30.6 Å². The zero-order chi connectivity index (χ0) is 21.5. The number of allylic oxidation sites excluding steroid dienone is 3. The molecule has 2 N–H and O–H groups in total. The second kappa shape index (κ2) is 7.47. The molecule has 8 heteroatoms. The molecule has 1 fully saturated rings. The molecule has 0 unspecified atom stereocenters. The minimum absolute atomic E-state index is 0.118. The van der Waals surface area contributed by atoms with Crippen LogP contribution in [-0.4, -0.2) is 18.8 Å². The highest BCUT2D eigenvalue weighted by atomic mass is 19.4. The van der Waals surface area contributed by atoms with Gasteiger partial charge < -0.3 is 15.5 Å². The molecular formula is C21H22F4N4. The number of hydrogen-bond acceptors (Lipinski definition) is 4. The first-order valence-corrected chi connectivity index (χ1v) is 9.34. The molecule has 1 aromatic carbocycles. The van der Waals surface area contributed by atoms with Crippen molar-refractivity contribution < 1.29 is 17.6 Å². The van der Waals surface area contributed by atoms with Gasteiger partial charge in [-0.2, -0.15) is 18.4 Å². The Labute approximate surface area is 167 Å². The highest BCUT2D eigenvalue weighted by molar-refractivity contribution is 6.00. The minimum Gasteiger partial charge on any atom is -0.382 e. The van der Waals surface area contributed by atoms with Crippen molar-refractivity contribution >= 4 is 22.6 Å². The second-order valence-corrected chi connectivity index (χ2v) is 7.21. The van der Waals surface area contributed by atoms with Crippen LogP contribution in [0, 0.1) is 24.1 Å². The lowest BCUT2D eigenvalue weighted by molar-refractivity contribution is -0.0898. The van der Waals surface area contributed by atoms with Crippen molar-refractivity contribution in [3.05, 3.63) is 47.6 Å². The van der Waals surface area contributed by atoms with Crippen molar-refractivity contribution in [2.45, 2.75) is 45.3 Å². The van der Waals surface area contributed by atoms with E-state index in [-0.39, 0.29) is 34.1 Å². The minimum atomic E-state index is -4.75. The Morgan fingerprint density at radius 1 is 1.34 bits per heavy atom. The summed E-state index contributed by atoms with van der Waals surface area (Å²) in [5, 5.41) is 14.6. The topological polar surface area (TPSA) is 51.1 Å². The summed E-state index contributed by atoms with van der Waals surface area (Å²) in [6, 6.07) is 2.13. The van der Waals surface area contributed by atoms with Crippen LogP contribution in [0.25, 0.3) is 5.57 Å². The van der Waals surface area contributed by atoms with E-state index in [1.807, 2.05) is 17.9 Å². The SMILES string of the molecule is C=C1C(C#N)=CN(C2CC2)c2c(C)c(NCCC)c(F)c(NC(=C)C(F)(F)F)c21. The molecule has 0 radical (unpaired) electrons. The number of fused-ring (bicyclic) bond motifs is 1. The summed E-state index contributed by atoms with van der Waals surface area (Å²) in [6.45, 7) is 11.0. The summed E-state index contributed by atoms with van der Waals surface area (Å²) in [7, 11) is 0. The molecule has 2 aliphatic rings. The van der Waals surface area contributed by atoms with E-state index in [9.17, 15) is 18.4 Å². The maximum atomic E-state index is 15.4. The molecule has 0 amide bonds. The van der Waals surface area contributed by atoms with Gasteiger partial charge in [0.2, 0.25) is 0 Å². The van der Waals surface area contributed by atoms with Gasteiger partial charge in [-0.3, -0.25) is 0 Å². The number of nitriles is 1. The molecule has 29 heavy (non-hydrogen) atoms. The Morgan fingerprint density at radius 3 is 2.52 bits per heavy atom. The largest absolute Gasteiger partial charge is 0.430 e. The first-order chi connectivity index (χ1) is 13.6. The lowest BCUT2D eigenvalue weighted by atomic mass is 9.89. The van der Waals surface area contributed by atoms with Gasteiger partial charge in [0, 0.05) is 24.4 Å². The third kappa shape index (κ3) is 3.69. The van der Waals surface area contributed by atoms with Crippen molar-refractivity contribution in [1.82, 2.24) is 0 Å². The monoisotopic (exact) mass is 406 g/mol. The fourth-order valence-corrected chi connectivity index (χ4v) is 3.39. The van der Waals surface area contributed by atoms with Crippen LogP contribution in [0.5, 0.6) is 0 Å². The van der Waals surface area contributed by atoms with Gasteiger partial charge in [0.05, 0.1) is 22.6 Å². The van der Waals surface area contributed by atoms with Gasteiger partial charge in [-0.1, -0.05) is 20.1 Å². The standard InChI is InChI=1S/C21H22F4N4/c1-5-8-27-18-12(3)20-16(19(17(18)22)28-13(4)21(23,24)25)11(2)14(9-26)10-29(20)15-6-7-15/h10,15,27-28H,2,4-8H2,1,3H3. The van der Waals surface area contributed by atoms with Crippen molar-refractivity contribution in [1.29, 1.82) is 5.26 Å². The smallest absolute Gasteiger partial charge is 0.382 e. The Kier molecular flexibility index (Phi) is 5.35. The predicted molar refractivity (Wildman–Crippen MR) is 107 cm³/mol. The van der Waals surface area contributed by atoms with Crippen LogP contribution in [-0.2, 0) is 0 Å². The van der Waals surface area contributed by atoms with E-state index in [2.05, 4.69) is 23.8 Å². The van der Waals surface area contributed by atoms with Gasteiger partial charge in [-0.05, 0) is 37.3 Å². The molecule has 1 aliphatic heterocycles. The highest BCUT2D eigenvalue weighted by Gasteiger charge is 2.39. The van der Waals surface area contributed by atoms with Crippen LogP contribution in [0.2, 0.25) is 0 Å². The lowest BCUT2D eigenvalue weighted by Gasteiger charge is -2.34. The van der Waals surface area contributed by atoms with E-state index in [1.165, 1.54) is 0 Å². The van der Waals surface area contributed by atoms with Gasteiger partial charge in [-0.25, -0.2) is 4.39 Å². The average Bonchev–Trinajstić information content (AvgIpc) is 3.49. The van der Waals surface area contributed by atoms with E-state index in [4.69, 9.17) is 0 Å². The zero-order valence-electron chi connectivity index (χ0n) is 16.3. The second-order valence-electron chi connectivity index (χ2n) is 7.21. The van der Waals surface area contributed by atoms with Gasteiger partial charge in [-0.15, -0.1) is 0 Å². The number of nitrogens with one attached hydrogen (secondary N) is 2. The van der Waals surface area contributed by atoms with E-state index < -0.39 is 17.7 Å². The summed E-state index contributed by atoms with van der Waals surface area (Å²) in [4.78, 5) is 1.86. The predicted octanol–water partition coefficient (Wildman–Crippen LogP) is 5.85. The molecule has 1 saturated carbocycles. The third-order valence-corrected chi connectivity index (χ3v) is 5.04. The van der Waals surface area contributed by atoms with Crippen molar-refractivity contribution in [3.8, 4) is 6.07 Å². The summed E-state index contributed by atoms with van der Waals surface area (Å²) in [6.07, 6.45) is -0.618. The summed E-state index contributed by atoms with van der Waals surface area (Å²) in [5.41, 5.74) is 0.142. The Bertz CT molecular complexity index is 949. The average molecular weight is 406 g/mol. The van der Waals surface area contributed by atoms with Crippen molar-refractivity contribution in [2.24, 2.45) is 0 Å². The molecule has 0 aromatic heterocycles. The molecule has 1 aromatic rings. The number of benzene rings is 1. The summed E-state index contributed by atoms with van der Waals surface area (Å²) >= 11 is 0. The number of anilines is 3. The number of alkyl halides is 3. The van der Waals surface area contributed by atoms with Gasteiger partial charge in [0.15, 0.2) is 5.82 Å². The van der Waals surface area contributed by atoms with Crippen molar-refractivity contribution in [3.63, 3.8) is 0 Å². The molecule has 0 spiro atoms. The summed E-state index contributed by atoms with van der Waals surface area (Å²) < 4.78 is 54.9. The Balaban J connectivity index is 2.27. The van der Waals surface area contributed by atoms with Crippen LogP contribution in [0.1, 0.15) is 37.3 Å². The third-order valence-electron chi connectivity index (χ3n) is 5.04. The quantitative estimate of drug-likeness (QED) is 0.582. The fraction of sp³-hybridized carbons (Fsp3) is 0.381. The molecule has 0 bridgehead atoms. The first-order valence-electron chi connectivity index (χ1n) is 9.34. The zero-order valence-corrected chi connectivity index (χ0v) is 16.3. The van der Waals surface area contributed by atoms with Gasteiger partial charge in [0.1, 0.15) is 11.8 Å². The number of nitrogens with zero attached hydrogens (tertiary/aromatic N) is 2. The highest BCUT2D eigenvalue weighted by Crippen LogP contribution is 2.50. The molecular weight excluding hydrogens is 384 g/mol. The lowest BCUT2D eigenvalue weighted by Crippen LogP contribution is -2.27. The van der Waals surface area contributed by atoms with E-state index in [1.54, 1.807) is 13.1 Å². The maximum absolute atomic E-state index is 15.4. The molecule has 154 valence electrons. The molecule has 4 nitrogen and oxygen atoms in total.